The first-order chi connectivity index (χ1) is 11.7. The second-order valence-electron chi connectivity index (χ2n) is 6.02. The summed E-state index contributed by atoms with van der Waals surface area (Å²) >= 11 is 0. The molecule has 2 aromatic rings. The van der Waals surface area contributed by atoms with Gasteiger partial charge in [-0.05, 0) is 22.8 Å². The van der Waals surface area contributed by atoms with Crippen LogP contribution in [0.2, 0.25) is 0 Å². The number of aliphatic hydroxyl groups is 1. The van der Waals surface area contributed by atoms with Gasteiger partial charge in [0.2, 0.25) is 0 Å². The molecule has 1 aliphatic heterocycles. The SMILES string of the molecule is O=C[C@H](Cc1cccc2ccccc12)[C@H](O)C(=O)N1CCOCC1. The third kappa shape index (κ3) is 3.47. The molecule has 0 radical (unpaired) electrons. The summed E-state index contributed by atoms with van der Waals surface area (Å²) in [5.41, 5.74) is 0.957. The Morgan fingerprint density at radius 2 is 1.88 bits per heavy atom. The van der Waals surface area contributed by atoms with E-state index >= 15 is 0 Å². The zero-order valence-corrected chi connectivity index (χ0v) is 13.4. The van der Waals surface area contributed by atoms with Gasteiger partial charge in [-0.1, -0.05) is 42.5 Å². The Morgan fingerprint density at radius 3 is 2.62 bits per heavy atom. The molecule has 0 unspecified atom stereocenters. The van der Waals surface area contributed by atoms with Crippen LogP contribution < -0.4 is 0 Å². The van der Waals surface area contributed by atoms with Gasteiger partial charge in [-0.2, -0.15) is 0 Å². The average Bonchev–Trinajstić information content (AvgIpc) is 2.65. The van der Waals surface area contributed by atoms with Gasteiger partial charge >= 0.3 is 0 Å². The van der Waals surface area contributed by atoms with E-state index in [1.165, 1.54) is 0 Å². The molecular weight excluding hydrogens is 306 g/mol. The van der Waals surface area contributed by atoms with Crippen LogP contribution in [-0.4, -0.2) is 54.6 Å². The smallest absolute Gasteiger partial charge is 0.252 e. The highest BCUT2D eigenvalue weighted by Crippen LogP contribution is 2.22. The Labute approximate surface area is 140 Å². The molecule has 126 valence electrons. The summed E-state index contributed by atoms with van der Waals surface area (Å²) in [6.07, 6.45) is -0.299. The van der Waals surface area contributed by atoms with Crippen LogP contribution in [0.5, 0.6) is 0 Å². The first-order valence-electron chi connectivity index (χ1n) is 8.17. The highest BCUT2D eigenvalue weighted by molar-refractivity contribution is 5.87. The van der Waals surface area contributed by atoms with Crippen LogP contribution in [0.3, 0.4) is 0 Å². The quantitative estimate of drug-likeness (QED) is 0.844. The molecule has 2 atom stereocenters. The van der Waals surface area contributed by atoms with Crippen LogP contribution in [-0.2, 0) is 20.7 Å². The van der Waals surface area contributed by atoms with Gasteiger partial charge in [0.15, 0.2) is 0 Å². The maximum atomic E-state index is 12.4. The van der Waals surface area contributed by atoms with Crippen LogP contribution in [0.1, 0.15) is 5.56 Å². The number of hydrogen-bond donors (Lipinski definition) is 1. The number of ether oxygens (including phenoxy) is 1. The summed E-state index contributed by atoms with van der Waals surface area (Å²) in [5, 5.41) is 12.5. The molecule has 1 heterocycles. The maximum Gasteiger partial charge on any atom is 0.252 e. The van der Waals surface area contributed by atoms with Crippen LogP contribution in [0.15, 0.2) is 42.5 Å². The number of rotatable bonds is 5. The molecule has 0 saturated carbocycles. The van der Waals surface area contributed by atoms with Crippen molar-refractivity contribution in [2.75, 3.05) is 26.3 Å². The molecule has 1 N–H and O–H groups in total. The van der Waals surface area contributed by atoms with Crippen molar-refractivity contribution in [3.8, 4) is 0 Å². The first kappa shape index (κ1) is 16.6. The van der Waals surface area contributed by atoms with Crippen molar-refractivity contribution < 1.29 is 19.4 Å². The van der Waals surface area contributed by atoms with E-state index in [9.17, 15) is 14.7 Å². The van der Waals surface area contributed by atoms with Crippen molar-refractivity contribution in [2.45, 2.75) is 12.5 Å². The lowest BCUT2D eigenvalue weighted by molar-refractivity contribution is -0.148. The molecule has 5 nitrogen and oxygen atoms in total. The lowest BCUT2D eigenvalue weighted by Gasteiger charge is -2.30. The van der Waals surface area contributed by atoms with Crippen LogP contribution in [0, 0.1) is 5.92 Å². The number of morpholine rings is 1. The number of benzene rings is 2. The molecule has 3 rings (SSSR count). The fourth-order valence-corrected chi connectivity index (χ4v) is 3.11. The number of amides is 1. The zero-order valence-electron chi connectivity index (χ0n) is 13.4. The largest absolute Gasteiger partial charge is 0.382 e. The van der Waals surface area contributed by atoms with Gasteiger partial charge in [0.1, 0.15) is 12.4 Å². The number of aldehydes is 1. The number of hydrogen-bond acceptors (Lipinski definition) is 4. The summed E-state index contributed by atoms with van der Waals surface area (Å²) in [6.45, 7) is 1.84. The van der Waals surface area contributed by atoms with E-state index in [0.29, 0.717) is 39.0 Å². The minimum absolute atomic E-state index is 0.335. The minimum atomic E-state index is -1.32. The van der Waals surface area contributed by atoms with Crippen molar-refractivity contribution in [2.24, 2.45) is 5.92 Å². The van der Waals surface area contributed by atoms with Gasteiger partial charge in [-0.3, -0.25) is 4.79 Å². The number of carbonyl (C=O) groups excluding carboxylic acids is 2. The summed E-state index contributed by atoms with van der Waals surface area (Å²) in [6, 6.07) is 13.8. The molecule has 0 spiro atoms. The van der Waals surface area contributed by atoms with E-state index in [2.05, 4.69) is 0 Å². The van der Waals surface area contributed by atoms with Crippen molar-refractivity contribution in [3.63, 3.8) is 0 Å². The average molecular weight is 327 g/mol. The lowest BCUT2D eigenvalue weighted by atomic mass is 9.91. The number of carbonyl (C=O) groups is 2. The molecule has 0 bridgehead atoms. The molecule has 1 saturated heterocycles. The highest BCUT2D eigenvalue weighted by atomic mass is 16.5. The number of nitrogens with zero attached hydrogens (tertiary/aromatic N) is 1. The van der Waals surface area contributed by atoms with Gasteiger partial charge in [-0.25, -0.2) is 0 Å². The minimum Gasteiger partial charge on any atom is -0.382 e. The molecule has 2 aromatic carbocycles. The normalized spacial score (nSPS) is 17.5. The summed E-state index contributed by atoms with van der Waals surface area (Å²) in [7, 11) is 0. The zero-order chi connectivity index (χ0) is 16.9. The molecule has 1 aliphatic rings. The summed E-state index contributed by atoms with van der Waals surface area (Å²) in [4.78, 5) is 25.5. The van der Waals surface area contributed by atoms with E-state index in [1.807, 2.05) is 42.5 Å². The van der Waals surface area contributed by atoms with E-state index in [-0.39, 0.29) is 0 Å². The standard InChI is InChI=1S/C19H21NO4/c21-13-16(18(22)19(23)20-8-10-24-11-9-20)12-15-6-3-5-14-4-1-2-7-17(14)15/h1-7,13,16,18,22H,8-12H2/t16-,18-/m0/s1. The molecular formula is C19H21NO4. The van der Waals surface area contributed by atoms with Crippen molar-refractivity contribution >= 4 is 23.0 Å². The summed E-state index contributed by atoms with van der Waals surface area (Å²) < 4.78 is 5.22. The van der Waals surface area contributed by atoms with Gasteiger partial charge in [0, 0.05) is 13.1 Å². The van der Waals surface area contributed by atoms with Gasteiger partial charge < -0.3 is 19.5 Å². The third-order valence-electron chi connectivity index (χ3n) is 4.49. The molecule has 1 fully saturated rings. The Bertz CT molecular complexity index is 719. The van der Waals surface area contributed by atoms with Crippen LogP contribution in [0.4, 0.5) is 0 Å². The second-order valence-corrected chi connectivity index (χ2v) is 6.02. The number of aliphatic hydroxyl groups excluding tert-OH is 1. The number of fused-ring (bicyclic) bond motifs is 1. The van der Waals surface area contributed by atoms with Gasteiger partial charge in [-0.15, -0.1) is 0 Å². The van der Waals surface area contributed by atoms with E-state index in [4.69, 9.17) is 4.74 Å². The van der Waals surface area contributed by atoms with Crippen molar-refractivity contribution in [1.29, 1.82) is 0 Å². The highest BCUT2D eigenvalue weighted by Gasteiger charge is 2.31. The predicted molar refractivity (Wildman–Crippen MR) is 90.6 cm³/mol. The Hall–Kier alpha value is -2.24. The fourth-order valence-electron chi connectivity index (χ4n) is 3.11. The Kier molecular flexibility index (Phi) is 5.23. The first-order valence-corrected chi connectivity index (χ1v) is 8.17. The van der Waals surface area contributed by atoms with Crippen molar-refractivity contribution in [1.82, 2.24) is 4.90 Å². The fraction of sp³-hybridized carbons (Fsp3) is 0.368. The molecule has 1 amide bonds. The van der Waals surface area contributed by atoms with Crippen LogP contribution in [0.25, 0.3) is 10.8 Å². The van der Waals surface area contributed by atoms with E-state index in [0.717, 1.165) is 16.3 Å². The van der Waals surface area contributed by atoms with Gasteiger partial charge in [0.25, 0.3) is 5.91 Å². The predicted octanol–water partition coefficient (Wildman–Crippen LogP) is 1.42. The maximum absolute atomic E-state index is 12.4. The Balaban J connectivity index is 1.78. The molecule has 0 aromatic heterocycles. The monoisotopic (exact) mass is 327 g/mol. The lowest BCUT2D eigenvalue weighted by Crippen LogP contribution is -2.48. The van der Waals surface area contributed by atoms with E-state index < -0.39 is 17.9 Å². The molecule has 5 heteroatoms. The van der Waals surface area contributed by atoms with E-state index in [1.54, 1.807) is 4.90 Å². The topological polar surface area (TPSA) is 66.8 Å². The van der Waals surface area contributed by atoms with Crippen LogP contribution >= 0.6 is 0 Å². The third-order valence-corrected chi connectivity index (χ3v) is 4.49. The second kappa shape index (κ2) is 7.55. The molecule has 0 aliphatic carbocycles. The molecule has 24 heavy (non-hydrogen) atoms. The summed E-state index contributed by atoms with van der Waals surface area (Å²) in [5.74, 6) is -1.15. The Morgan fingerprint density at radius 1 is 1.17 bits per heavy atom. The van der Waals surface area contributed by atoms with Gasteiger partial charge in [0.05, 0.1) is 19.1 Å². The van der Waals surface area contributed by atoms with Crippen molar-refractivity contribution in [3.05, 3.63) is 48.0 Å².